The van der Waals surface area contributed by atoms with E-state index < -0.39 is 16.8 Å². The van der Waals surface area contributed by atoms with E-state index in [0.717, 1.165) is 4.88 Å². The van der Waals surface area contributed by atoms with Crippen LogP contribution >= 0.6 is 11.3 Å². The zero-order valence-electron chi connectivity index (χ0n) is 17.4. The summed E-state index contributed by atoms with van der Waals surface area (Å²) in [6.07, 6.45) is 2.22. The molecule has 0 radical (unpaired) electrons. The van der Waals surface area contributed by atoms with E-state index in [2.05, 4.69) is 10.3 Å². The number of ketones is 2. The Morgan fingerprint density at radius 2 is 1.63 bits per heavy atom. The topological polar surface area (TPSA) is 96.4 Å². The maximum Gasteiger partial charge on any atom is 0.303 e. The number of aromatic nitrogens is 1. The lowest BCUT2D eigenvalue weighted by molar-refractivity contribution is -0.140. The second-order valence-corrected chi connectivity index (χ2v) is 10.7. The Hall–Kier alpha value is -1.76. The van der Waals surface area contributed by atoms with Gasteiger partial charge in [-0.25, -0.2) is 4.98 Å². The van der Waals surface area contributed by atoms with Gasteiger partial charge in [0.1, 0.15) is 11.6 Å². The van der Waals surface area contributed by atoms with E-state index in [1.165, 1.54) is 11.3 Å². The molecule has 0 bridgehead atoms. The molecule has 1 aromatic heterocycles. The predicted molar refractivity (Wildman–Crippen MR) is 108 cm³/mol. The lowest BCUT2D eigenvalue weighted by Gasteiger charge is -2.29. The first-order chi connectivity index (χ1) is 12.1. The average molecular weight is 397 g/mol. The Morgan fingerprint density at radius 1 is 1.04 bits per heavy atom. The Kier molecular flexibility index (Phi) is 7.33. The molecule has 1 heterocycles. The van der Waals surface area contributed by atoms with Gasteiger partial charge in [0, 0.05) is 41.3 Å². The van der Waals surface area contributed by atoms with Crippen LogP contribution in [0.4, 0.5) is 5.13 Å². The third-order valence-corrected chi connectivity index (χ3v) is 5.39. The van der Waals surface area contributed by atoms with Crippen LogP contribution in [0.3, 0.4) is 0 Å². The van der Waals surface area contributed by atoms with E-state index in [1.807, 2.05) is 34.6 Å². The SMILES string of the molecule is CC(C)(CC(=O)O)CC(=O)C(C)(C)CNc1ncc(CC(=O)C(C)(C)C)s1. The molecular weight excluding hydrogens is 364 g/mol. The molecule has 0 aromatic carbocycles. The minimum absolute atomic E-state index is 0.0148. The summed E-state index contributed by atoms with van der Waals surface area (Å²) in [5.74, 6) is -0.723. The van der Waals surface area contributed by atoms with Crippen LogP contribution < -0.4 is 5.32 Å². The molecule has 2 N–H and O–H groups in total. The number of carboxylic acid groups (broad SMARTS) is 1. The third kappa shape index (κ3) is 7.79. The summed E-state index contributed by atoms with van der Waals surface area (Å²) in [5.41, 5.74) is -1.61. The molecule has 1 rings (SSSR count). The van der Waals surface area contributed by atoms with Gasteiger partial charge in [0.05, 0.1) is 6.42 Å². The lowest BCUT2D eigenvalue weighted by Crippen LogP contribution is -2.35. The number of thiazole rings is 1. The second-order valence-electron chi connectivity index (χ2n) is 9.55. The number of anilines is 1. The van der Waals surface area contributed by atoms with Crippen LogP contribution in [0.15, 0.2) is 6.20 Å². The van der Waals surface area contributed by atoms with Crippen molar-refractivity contribution in [3.05, 3.63) is 11.1 Å². The average Bonchev–Trinajstić information content (AvgIpc) is 2.89. The van der Waals surface area contributed by atoms with Crippen molar-refractivity contribution in [1.29, 1.82) is 0 Å². The zero-order chi connectivity index (χ0) is 21.0. The fourth-order valence-electron chi connectivity index (χ4n) is 2.44. The molecule has 0 aliphatic carbocycles. The molecule has 152 valence electrons. The first kappa shape index (κ1) is 23.3. The molecule has 0 spiro atoms. The van der Waals surface area contributed by atoms with Gasteiger partial charge in [-0.3, -0.25) is 14.4 Å². The molecule has 6 nitrogen and oxygen atoms in total. The van der Waals surface area contributed by atoms with Crippen molar-refractivity contribution >= 4 is 34.0 Å². The zero-order valence-corrected chi connectivity index (χ0v) is 18.2. The van der Waals surface area contributed by atoms with Crippen molar-refractivity contribution in [2.24, 2.45) is 16.2 Å². The van der Waals surface area contributed by atoms with Gasteiger partial charge >= 0.3 is 5.97 Å². The summed E-state index contributed by atoms with van der Waals surface area (Å²) < 4.78 is 0. The van der Waals surface area contributed by atoms with Gasteiger partial charge in [0.15, 0.2) is 5.13 Å². The Morgan fingerprint density at radius 3 is 2.15 bits per heavy atom. The number of Topliss-reactive ketones (excluding diaryl/α,β-unsaturated/α-hetero) is 2. The smallest absolute Gasteiger partial charge is 0.303 e. The number of aliphatic carboxylic acids is 1. The third-order valence-electron chi connectivity index (χ3n) is 4.43. The van der Waals surface area contributed by atoms with Crippen LogP contribution in [0.5, 0.6) is 0 Å². The molecule has 0 unspecified atom stereocenters. The highest BCUT2D eigenvalue weighted by Gasteiger charge is 2.33. The fourth-order valence-corrected chi connectivity index (χ4v) is 3.24. The highest BCUT2D eigenvalue weighted by molar-refractivity contribution is 7.15. The maximum absolute atomic E-state index is 12.6. The van der Waals surface area contributed by atoms with Crippen LogP contribution in [0, 0.1) is 16.2 Å². The molecule has 0 aliphatic rings. The summed E-state index contributed by atoms with van der Waals surface area (Å²) in [7, 11) is 0. The van der Waals surface area contributed by atoms with Crippen molar-refractivity contribution in [3.63, 3.8) is 0 Å². The highest BCUT2D eigenvalue weighted by atomic mass is 32.1. The molecule has 7 heteroatoms. The van der Waals surface area contributed by atoms with Gasteiger partial charge in [0.25, 0.3) is 0 Å². The van der Waals surface area contributed by atoms with Crippen molar-refractivity contribution in [2.45, 2.75) is 67.7 Å². The predicted octanol–water partition coefficient (Wildman–Crippen LogP) is 4.20. The first-order valence-corrected chi connectivity index (χ1v) is 9.91. The van der Waals surface area contributed by atoms with E-state index in [1.54, 1.807) is 20.0 Å². The number of hydrogen-bond acceptors (Lipinski definition) is 6. The quantitative estimate of drug-likeness (QED) is 0.615. The number of nitrogens with one attached hydrogen (secondary N) is 1. The first-order valence-electron chi connectivity index (χ1n) is 9.09. The molecule has 0 atom stereocenters. The number of nitrogens with zero attached hydrogens (tertiary/aromatic N) is 1. The van der Waals surface area contributed by atoms with Crippen LogP contribution in [0.25, 0.3) is 0 Å². The van der Waals surface area contributed by atoms with E-state index in [9.17, 15) is 14.4 Å². The van der Waals surface area contributed by atoms with Crippen molar-refractivity contribution in [3.8, 4) is 0 Å². The van der Waals surface area contributed by atoms with E-state index in [4.69, 9.17) is 5.11 Å². The summed E-state index contributed by atoms with van der Waals surface area (Å²) in [6.45, 7) is 13.4. The van der Waals surface area contributed by atoms with Crippen LogP contribution in [-0.2, 0) is 20.8 Å². The molecule has 0 saturated carbocycles. The highest BCUT2D eigenvalue weighted by Crippen LogP contribution is 2.31. The fraction of sp³-hybridized carbons (Fsp3) is 0.700. The molecule has 27 heavy (non-hydrogen) atoms. The largest absolute Gasteiger partial charge is 0.481 e. The summed E-state index contributed by atoms with van der Waals surface area (Å²) in [6, 6.07) is 0. The molecular formula is C20H32N2O4S. The summed E-state index contributed by atoms with van der Waals surface area (Å²) in [4.78, 5) is 40.9. The molecule has 0 fully saturated rings. The molecule has 0 amide bonds. The normalized spacial score (nSPS) is 12.7. The van der Waals surface area contributed by atoms with Gasteiger partial charge < -0.3 is 10.4 Å². The van der Waals surface area contributed by atoms with Crippen LogP contribution in [0.2, 0.25) is 0 Å². The van der Waals surface area contributed by atoms with E-state index in [-0.39, 0.29) is 29.8 Å². The summed E-state index contributed by atoms with van der Waals surface area (Å²) >= 11 is 1.42. The number of hydrogen-bond donors (Lipinski definition) is 2. The Bertz CT molecular complexity index is 699. The van der Waals surface area contributed by atoms with Gasteiger partial charge in [-0.2, -0.15) is 0 Å². The van der Waals surface area contributed by atoms with Crippen LogP contribution in [0.1, 0.15) is 66.2 Å². The second kappa shape index (κ2) is 8.50. The van der Waals surface area contributed by atoms with Crippen molar-refractivity contribution < 1.29 is 19.5 Å². The lowest BCUT2D eigenvalue weighted by atomic mass is 9.76. The standard InChI is InChI=1S/C20H32N2O4S/c1-18(2,3)14(23)8-13-11-21-17(27-13)22-12-20(6,7)15(24)9-19(4,5)10-16(25)26/h11H,8-10,12H2,1-7H3,(H,21,22)(H,25,26). The number of carboxylic acids is 1. The Balaban J connectivity index is 2.65. The monoisotopic (exact) mass is 396 g/mol. The Labute approximate surface area is 165 Å². The minimum atomic E-state index is -0.899. The maximum atomic E-state index is 12.6. The van der Waals surface area contributed by atoms with Crippen molar-refractivity contribution in [2.75, 3.05) is 11.9 Å². The van der Waals surface area contributed by atoms with Gasteiger partial charge in [-0.1, -0.05) is 48.5 Å². The molecule has 0 saturated heterocycles. The van der Waals surface area contributed by atoms with Gasteiger partial charge in [-0.05, 0) is 5.41 Å². The van der Waals surface area contributed by atoms with Crippen LogP contribution in [-0.4, -0.2) is 34.2 Å². The summed E-state index contributed by atoms with van der Waals surface area (Å²) in [5, 5.41) is 12.8. The van der Waals surface area contributed by atoms with Gasteiger partial charge in [0.2, 0.25) is 0 Å². The number of carbonyl (C=O) groups excluding carboxylic acids is 2. The number of carbonyl (C=O) groups is 3. The van der Waals surface area contributed by atoms with E-state index >= 15 is 0 Å². The number of rotatable bonds is 10. The van der Waals surface area contributed by atoms with Gasteiger partial charge in [-0.15, -0.1) is 11.3 Å². The van der Waals surface area contributed by atoms with E-state index in [0.29, 0.717) is 18.1 Å². The molecule has 0 aliphatic heterocycles. The minimum Gasteiger partial charge on any atom is -0.481 e. The molecule has 1 aromatic rings. The van der Waals surface area contributed by atoms with Crippen molar-refractivity contribution in [1.82, 2.24) is 4.98 Å².